The lowest BCUT2D eigenvalue weighted by molar-refractivity contribution is 0.305. The third-order valence-electron chi connectivity index (χ3n) is 4.81. The highest BCUT2D eigenvalue weighted by atomic mass is 79.9. The maximum Gasteiger partial charge on any atom is 0.149 e. The Morgan fingerprint density at radius 3 is 2.77 bits per heavy atom. The summed E-state index contributed by atoms with van der Waals surface area (Å²) in [5.74, 6) is 1.11. The van der Waals surface area contributed by atoms with Gasteiger partial charge in [0, 0.05) is 15.6 Å². The lowest BCUT2D eigenvalue weighted by Crippen LogP contribution is -1.99. The van der Waals surface area contributed by atoms with E-state index >= 15 is 0 Å². The Bertz CT molecular complexity index is 1390. The summed E-state index contributed by atoms with van der Waals surface area (Å²) in [7, 11) is 0. The summed E-state index contributed by atoms with van der Waals surface area (Å²) in [6.45, 7) is 2.26. The zero-order chi connectivity index (χ0) is 21.8. The summed E-state index contributed by atoms with van der Waals surface area (Å²) in [6.07, 6.45) is 1.75. The summed E-state index contributed by atoms with van der Waals surface area (Å²) >= 11 is 3.49. The van der Waals surface area contributed by atoms with Gasteiger partial charge in [0.2, 0.25) is 0 Å². The van der Waals surface area contributed by atoms with Crippen molar-refractivity contribution in [1.29, 1.82) is 10.5 Å². The van der Waals surface area contributed by atoms with Crippen molar-refractivity contribution in [2.75, 3.05) is 0 Å². The average Bonchev–Trinajstić information content (AvgIpc) is 3.20. The molecular weight excluding hydrogens is 452 g/mol. The third kappa shape index (κ3) is 4.50. The number of aromatic amines is 1. The highest BCUT2D eigenvalue weighted by Gasteiger charge is 2.11. The zero-order valence-corrected chi connectivity index (χ0v) is 18.3. The van der Waals surface area contributed by atoms with E-state index in [4.69, 9.17) is 4.74 Å². The number of halogens is 1. The van der Waals surface area contributed by atoms with E-state index in [1.165, 1.54) is 0 Å². The SMILES string of the molecule is Cc1ccc2nc(C(C#N)=Cc3cc(Br)ccc3OCc3ccccc3C#N)[nH]c2c1. The molecule has 0 amide bonds. The highest BCUT2D eigenvalue weighted by Crippen LogP contribution is 2.29. The first-order chi connectivity index (χ1) is 15.1. The van der Waals surface area contributed by atoms with Gasteiger partial charge in [0.05, 0.1) is 28.2 Å². The van der Waals surface area contributed by atoms with Crippen molar-refractivity contribution < 1.29 is 4.74 Å². The van der Waals surface area contributed by atoms with Crippen LogP contribution in [0.25, 0.3) is 22.7 Å². The second kappa shape index (κ2) is 8.87. The number of aromatic nitrogens is 2. The van der Waals surface area contributed by atoms with Gasteiger partial charge in [-0.15, -0.1) is 0 Å². The van der Waals surface area contributed by atoms with Crippen LogP contribution < -0.4 is 4.74 Å². The van der Waals surface area contributed by atoms with E-state index < -0.39 is 0 Å². The number of hydrogen-bond donors (Lipinski definition) is 1. The van der Waals surface area contributed by atoms with Crippen LogP contribution in [0.15, 0.2) is 65.1 Å². The fourth-order valence-electron chi connectivity index (χ4n) is 3.23. The number of nitriles is 2. The molecule has 1 aromatic heterocycles. The summed E-state index contributed by atoms with van der Waals surface area (Å²) in [6, 6.07) is 23.3. The van der Waals surface area contributed by atoms with Crippen LogP contribution in [0.2, 0.25) is 0 Å². The maximum absolute atomic E-state index is 9.79. The fraction of sp³-hybridized carbons (Fsp3) is 0.0800. The molecule has 1 N–H and O–H groups in total. The number of allylic oxidation sites excluding steroid dienone is 1. The van der Waals surface area contributed by atoms with Crippen LogP contribution in [0.4, 0.5) is 0 Å². The molecular formula is C25H17BrN4O. The number of fused-ring (bicyclic) bond motifs is 1. The van der Waals surface area contributed by atoms with Crippen LogP contribution in [0, 0.1) is 29.6 Å². The third-order valence-corrected chi connectivity index (χ3v) is 5.30. The van der Waals surface area contributed by atoms with Gasteiger partial charge in [0.15, 0.2) is 0 Å². The van der Waals surface area contributed by atoms with Crippen molar-refractivity contribution in [3.05, 3.63) is 93.2 Å². The van der Waals surface area contributed by atoms with Gasteiger partial charge in [-0.3, -0.25) is 0 Å². The first-order valence-electron chi connectivity index (χ1n) is 9.56. The van der Waals surface area contributed by atoms with Gasteiger partial charge >= 0.3 is 0 Å². The van der Waals surface area contributed by atoms with E-state index in [1.807, 2.05) is 61.5 Å². The Balaban J connectivity index is 1.69. The van der Waals surface area contributed by atoms with Crippen molar-refractivity contribution in [1.82, 2.24) is 9.97 Å². The maximum atomic E-state index is 9.79. The Labute approximate surface area is 188 Å². The summed E-state index contributed by atoms with van der Waals surface area (Å²) in [5.41, 5.74) is 5.32. The Hall–Kier alpha value is -3.87. The number of nitrogens with zero attached hydrogens (tertiary/aromatic N) is 3. The van der Waals surface area contributed by atoms with E-state index in [1.54, 1.807) is 12.1 Å². The van der Waals surface area contributed by atoms with Crippen LogP contribution in [-0.2, 0) is 6.61 Å². The predicted molar refractivity (Wildman–Crippen MR) is 124 cm³/mol. The van der Waals surface area contributed by atoms with E-state index in [0.717, 1.165) is 32.2 Å². The molecule has 0 saturated heterocycles. The largest absolute Gasteiger partial charge is 0.488 e. The standard InChI is InChI=1S/C25H17BrN4O/c1-16-6-8-22-23(10-16)30-25(29-22)20(14-28)11-19-12-21(26)7-9-24(19)31-15-18-5-3-2-4-17(18)13-27/h2-12H,15H2,1H3,(H,29,30). The Morgan fingerprint density at radius 2 is 1.97 bits per heavy atom. The van der Waals surface area contributed by atoms with Gasteiger partial charge in [0.25, 0.3) is 0 Å². The number of benzene rings is 3. The quantitative estimate of drug-likeness (QED) is 0.356. The molecule has 0 spiro atoms. The number of imidazole rings is 1. The van der Waals surface area contributed by atoms with Gasteiger partial charge in [-0.05, 0) is 55.0 Å². The van der Waals surface area contributed by atoms with Crippen LogP contribution >= 0.6 is 15.9 Å². The highest BCUT2D eigenvalue weighted by molar-refractivity contribution is 9.10. The zero-order valence-electron chi connectivity index (χ0n) is 16.7. The molecule has 4 aromatic rings. The fourth-order valence-corrected chi connectivity index (χ4v) is 3.61. The molecule has 1 heterocycles. The van der Waals surface area contributed by atoms with E-state index in [9.17, 15) is 10.5 Å². The van der Waals surface area contributed by atoms with Crippen LogP contribution in [0.3, 0.4) is 0 Å². The van der Waals surface area contributed by atoms with Crippen molar-refractivity contribution in [2.24, 2.45) is 0 Å². The molecule has 4 rings (SSSR count). The average molecular weight is 469 g/mol. The first-order valence-corrected chi connectivity index (χ1v) is 10.4. The monoisotopic (exact) mass is 468 g/mol. The minimum absolute atomic E-state index is 0.248. The number of ether oxygens (including phenoxy) is 1. The minimum atomic E-state index is 0.248. The number of hydrogen-bond acceptors (Lipinski definition) is 4. The second-order valence-electron chi connectivity index (χ2n) is 7.02. The molecule has 0 saturated carbocycles. The summed E-state index contributed by atoms with van der Waals surface area (Å²) in [4.78, 5) is 7.78. The smallest absolute Gasteiger partial charge is 0.149 e. The number of H-pyrrole nitrogens is 1. The van der Waals surface area contributed by atoms with Gasteiger partial charge < -0.3 is 9.72 Å². The molecule has 0 radical (unpaired) electrons. The van der Waals surface area contributed by atoms with Crippen LogP contribution in [-0.4, -0.2) is 9.97 Å². The molecule has 31 heavy (non-hydrogen) atoms. The van der Waals surface area contributed by atoms with Crippen LogP contribution in [0.1, 0.15) is 28.1 Å². The molecule has 0 aliphatic heterocycles. The van der Waals surface area contributed by atoms with Gasteiger partial charge in [-0.2, -0.15) is 10.5 Å². The molecule has 150 valence electrons. The van der Waals surface area contributed by atoms with Gasteiger partial charge in [-0.1, -0.05) is 40.2 Å². The molecule has 0 aliphatic rings. The number of aryl methyl sites for hydroxylation is 1. The normalized spacial score (nSPS) is 11.2. The summed E-state index contributed by atoms with van der Waals surface area (Å²) in [5, 5.41) is 19.1. The molecule has 3 aromatic carbocycles. The van der Waals surface area contributed by atoms with Crippen molar-refractivity contribution >= 4 is 38.6 Å². The van der Waals surface area contributed by atoms with Crippen molar-refractivity contribution in [3.63, 3.8) is 0 Å². The van der Waals surface area contributed by atoms with E-state index in [0.29, 0.717) is 22.7 Å². The van der Waals surface area contributed by atoms with Crippen LogP contribution in [0.5, 0.6) is 5.75 Å². The van der Waals surface area contributed by atoms with E-state index in [-0.39, 0.29) is 6.61 Å². The lowest BCUT2D eigenvalue weighted by Gasteiger charge is -2.11. The van der Waals surface area contributed by atoms with Gasteiger partial charge in [-0.25, -0.2) is 4.98 Å². The first kappa shape index (κ1) is 20.4. The molecule has 6 heteroatoms. The Kier molecular flexibility index (Phi) is 5.84. The summed E-state index contributed by atoms with van der Waals surface area (Å²) < 4.78 is 6.88. The molecule has 0 fully saturated rings. The van der Waals surface area contributed by atoms with Gasteiger partial charge in [0.1, 0.15) is 24.3 Å². The molecule has 0 aliphatic carbocycles. The molecule has 5 nitrogen and oxygen atoms in total. The van der Waals surface area contributed by atoms with E-state index in [2.05, 4.69) is 38.0 Å². The van der Waals surface area contributed by atoms with Crippen molar-refractivity contribution in [2.45, 2.75) is 13.5 Å². The topological polar surface area (TPSA) is 85.5 Å². The Morgan fingerprint density at radius 1 is 1.13 bits per heavy atom. The second-order valence-corrected chi connectivity index (χ2v) is 7.93. The molecule has 0 bridgehead atoms. The predicted octanol–water partition coefficient (Wildman–Crippen LogP) is 6.15. The van der Waals surface area contributed by atoms with Crippen molar-refractivity contribution in [3.8, 4) is 17.9 Å². The lowest BCUT2D eigenvalue weighted by atomic mass is 10.1. The molecule has 0 unspecified atom stereocenters. The minimum Gasteiger partial charge on any atom is -0.488 e. The number of nitrogens with one attached hydrogen (secondary N) is 1. The number of rotatable bonds is 5. The molecule has 0 atom stereocenters.